The zero-order valence-corrected chi connectivity index (χ0v) is 13.2. The van der Waals surface area contributed by atoms with E-state index >= 15 is 0 Å². The summed E-state index contributed by atoms with van der Waals surface area (Å²) < 4.78 is 18.8. The monoisotopic (exact) mass is 330 g/mol. The van der Waals surface area contributed by atoms with Crippen LogP contribution in [0.5, 0.6) is 11.5 Å². The SMILES string of the molecule is Cc1cnnc(C#Cc2ccc(Oc3cccc(F)c3)c(C#N)c2)n1. The van der Waals surface area contributed by atoms with Gasteiger partial charge in [0, 0.05) is 11.6 Å². The number of aryl methyl sites for hydroxylation is 1. The van der Waals surface area contributed by atoms with Crippen LogP contribution in [-0.4, -0.2) is 15.2 Å². The Morgan fingerprint density at radius 2 is 2.00 bits per heavy atom. The first-order valence-corrected chi connectivity index (χ1v) is 7.30. The number of nitriles is 1. The van der Waals surface area contributed by atoms with E-state index in [0.717, 1.165) is 5.69 Å². The molecule has 0 N–H and O–H groups in total. The molecular formula is C19H11FN4O. The van der Waals surface area contributed by atoms with E-state index in [4.69, 9.17) is 4.74 Å². The first-order chi connectivity index (χ1) is 12.1. The highest BCUT2D eigenvalue weighted by molar-refractivity contribution is 5.51. The zero-order valence-electron chi connectivity index (χ0n) is 13.2. The normalized spacial score (nSPS) is 9.64. The van der Waals surface area contributed by atoms with E-state index in [9.17, 15) is 9.65 Å². The number of nitrogens with zero attached hydrogens (tertiary/aromatic N) is 4. The van der Waals surface area contributed by atoms with E-state index in [-0.39, 0.29) is 0 Å². The van der Waals surface area contributed by atoms with Gasteiger partial charge in [-0.2, -0.15) is 10.4 Å². The predicted octanol–water partition coefficient (Wildman–Crippen LogP) is 3.38. The van der Waals surface area contributed by atoms with E-state index in [0.29, 0.717) is 28.5 Å². The minimum Gasteiger partial charge on any atom is -0.456 e. The van der Waals surface area contributed by atoms with Crippen LogP contribution in [0.3, 0.4) is 0 Å². The van der Waals surface area contributed by atoms with Gasteiger partial charge in [-0.05, 0) is 43.2 Å². The summed E-state index contributed by atoms with van der Waals surface area (Å²) in [6.07, 6.45) is 1.54. The summed E-state index contributed by atoms with van der Waals surface area (Å²) in [6, 6.07) is 12.7. The molecule has 0 aliphatic heterocycles. The molecule has 1 aromatic heterocycles. The molecule has 0 fully saturated rings. The minimum absolute atomic E-state index is 0.291. The molecule has 120 valence electrons. The van der Waals surface area contributed by atoms with Gasteiger partial charge in [-0.1, -0.05) is 12.0 Å². The summed E-state index contributed by atoms with van der Waals surface area (Å²) in [5.74, 6) is 6.21. The number of hydrogen-bond donors (Lipinski definition) is 0. The first kappa shape index (κ1) is 16.1. The molecule has 0 saturated heterocycles. The van der Waals surface area contributed by atoms with Gasteiger partial charge in [0.15, 0.2) is 0 Å². The van der Waals surface area contributed by atoms with E-state index in [1.807, 2.05) is 6.07 Å². The molecule has 0 atom stereocenters. The number of ether oxygens (including phenoxy) is 1. The molecule has 5 nitrogen and oxygen atoms in total. The standard InChI is InChI=1S/C19H11FN4O/c1-13-12-22-24-19(23-13)8-6-14-5-7-18(15(9-14)11-21)25-17-4-2-3-16(20)10-17/h2-5,7,9-10,12H,1H3. The summed E-state index contributed by atoms with van der Waals surface area (Å²) >= 11 is 0. The molecule has 0 spiro atoms. The molecule has 6 heteroatoms. The molecule has 0 radical (unpaired) electrons. The zero-order chi connectivity index (χ0) is 17.6. The fraction of sp³-hybridized carbons (Fsp3) is 0.0526. The van der Waals surface area contributed by atoms with Gasteiger partial charge in [0.05, 0.1) is 17.5 Å². The lowest BCUT2D eigenvalue weighted by Gasteiger charge is -2.07. The van der Waals surface area contributed by atoms with Crippen LogP contribution in [0, 0.1) is 35.9 Å². The lowest BCUT2D eigenvalue weighted by atomic mass is 10.1. The summed E-state index contributed by atoms with van der Waals surface area (Å²) in [4.78, 5) is 4.14. The fourth-order valence-corrected chi connectivity index (χ4v) is 2.01. The Morgan fingerprint density at radius 3 is 2.76 bits per heavy atom. The molecule has 25 heavy (non-hydrogen) atoms. The molecule has 3 rings (SSSR count). The quantitative estimate of drug-likeness (QED) is 0.674. The lowest BCUT2D eigenvalue weighted by Crippen LogP contribution is -1.94. The van der Waals surface area contributed by atoms with Crippen molar-refractivity contribution in [3.05, 3.63) is 77.1 Å². The third-order valence-corrected chi connectivity index (χ3v) is 3.12. The third kappa shape index (κ3) is 4.15. The van der Waals surface area contributed by atoms with Gasteiger partial charge < -0.3 is 4.74 Å². The Bertz CT molecular complexity index is 1030. The summed E-state index contributed by atoms with van der Waals surface area (Å²) in [6.45, 7) is 1.80. The van der Waals surface area contributed by atoms with Crippen molar-refractivity contribution in [2.24, 2.45) is 0 Å². The van der Waals surface area contributed by atoms with Crippen molar-refractivity contribution in [1.82, 2.24) is 15.2 Å². The predicted molar refractivity (Wildman–Crippen MR) is 88.2 cm³/mol. The Kier molecular flexibility index (Phi) is 4.64. The highest BCUT2D eigenvalue weighted by Crippen LogP contribution is 2.26. The summed E-state index contributed by atoms with van der Waals surface area (Å²) in [5, 5.41) is 16.9. The average molecular weight is 330 g/mol. The molecule has 1 heterocycles. The Hall–Kier alpha value is -3.77. The molecule has 0 amide bonds. The van der Waals surface area contributed by atoms with Gasteiger partial charge in [0.2, 0.25) is 5.82 Å². The molecule has 2 aromatic carbocycles. The topological polar surface area (TPSA) is 71.7 Å². The molecule has 3 aromatic rings. The number of halogens is 1. The van der Waals surface area contributed by atoms with Crippen molar-refractivity contribution in [3.8, 4) is 29.4 Å². The van der Waals surface area contributed by atoms with E-state index in [1.54, 1.807) is 31.2 Å². The van der Waals surface area contributed by atoms with Crippen molar-refractivity contribution in [1.29, 1.82) is 5.26 Å². The van der Waals surface area contributed by atoms with Gasteiger partial charge in [-0.3, -0.25) is 0 Å². The van der Waals surface area contributed by atoms with Crippen LogP contribution in [-0.2, 0) is 0 Å². The Morgan fingerprint density at radius 1 is 1.12 bits per heavy atom. The molecule has 0 aliphatic rings. The van der Waals surface area contributed by atoms with Gasteiger partial charge in [-0.15, -0.1) is 5.10 Å². The second kappa shape index (κ2) is 7.20. The van der Waals surface area contributed by atoms with Crippen LogP contribution >= 0.6 is 0 Å². The third-order valence-electron chi connectivity index (χ3n) is 3.12. The maximum atomic E-state index is 13.2. The molecule has 0 bridgehead atoms. The van der Waals surface area contributed by atoms with Crippen molar-refractivity contribution in [3.63, 3.8) is 0 Å². The second-order valence-corrected chi connectivity index (χ2v) is 5.05. The van der Waals surface area contributed by atoms with Crippen molar-refractivity contribution in [2.45, 2.75) is 6.92 Å². The van der Waals surface area contributed by atoms with Gasteiger partial charge >= 0.3 is 0 Å². The smallest absolute Gasteiger partial charge is 0.226 e. The first-order valence-electron chi connectivity index (χ1n) is 7.30. The van der Waals surface area contributed by atoms with Crippen molar-refractivity contribution in [2.75, 3.05) is 0 Å². The minimum atomic E-state index is -0.412. The van der Waals surface area contributed by atoms with Crippen LogP contribution < -0.4 is 4.74 Å². The van der Waals surface area contributed by atoms with Crippen molar-refractivity contribution < 1.29 is 9.13 Å². The molecule has 0 aliphatic carbocycles. The van der Waals surface area contributed by atoms with Gasteiger partial charge in [0.1, 0.15) is 23.4 Å². The number of rotatable bonds is 2. The Balaban J connectivity index is 1.86. The molecular weight excluding hydrogens is 319 g/mol. The van der Waals surface area contributed by atoms with E-state index in [1.165, 1.54) is 24.4 Å². The van der Waals surface area contributed by atoms with Crippen LogP contribution in [0.2, 0.25) is 0 Å². The highest BCUT2D eigenvalue weighted by Gasteiger charge is 2.06. The van der Waals surface area contributed by atoms with Crippen molar-refractivity contribution >= 4 is 0 Å². The van der Waals surface area contributed by atoms with Gasteiger partial charge in [0.25, 0.3) is 0 Å². The molecule has 0 unspecified atom stereocenters. The largest absolute Gasteiger partial charge is 0.456 e. The van der Waals surface area contributed by atoms with E-state index < -0.39 is 5.82 Å². The lowest BCUT2D eigenvalue weighted by molar-refractivity contribution is 0.475. The number of hydrogen-bond acceptors (Lipinski definition) is 5. The van der Waals surface area contributed by atoms with E-state index in [2.05, 4.69) is 27.0 Å². The fourth-order valence-electron chi connectivity index (χ4n) is 2.01. The maximum absolute atomic E-state index is 13.2. The average Bonchev–Trinajstić information content (AvgIpc) is 2.61. The van der Waals surface area contributed by atoms with Crippen LogP contribution in [0.1, 0.15) is 22.6 Å². The summed E-state index contributed by atoms with van der Waals surface area (Å²) in [7, 11) is 0. The Labute approximate surface area is 143 Å². The van der Waals surface area contributed by atoms with Crippen LogP contribution in [0.4, 0.5) is 4.39 Å². The molecule has 0 saturated carbocycles. The maximum Gasteiger partial charge on any atom is 0.226 e. The second-order valence-electron chi connectivity index (χ2n) is 5.05. The summed E-state index contributed by atoms with van der Waals surface area (Å²) in [5.41, 5.74) is 1.61. The van der Waals surface area contributed by atoms with Crippen LogP contribution in [0.25, 0.3) is 0 Å². The van der Waals surface area contributed by atoms with Gasteiger partial charge in [-0.25, -0.2) is 9.37 Å². The van der Waals surface area contributed by atoms with Crippen LogP contribution in [0.15, 0.2) is 48.7 Å². The highest BCUT2D eigenvalue weighted by atomic mass is 19.1. The number of aromatic nitrogens is 3. The number of benzene rings is 2.